The van der Waals surface area contributed by atoms with Gasteiger partial charge in [0.15, 0.2) is 5.60 Å². The molecule has 0 aromatic carbocycles. The monoisotopic (exact) mass is 352 g/mol. The molecular formula is C20H29ClO3. The van der Waals surface area contributed by atoms with Crippen molar-refractivity contribution in [2.24, 2.45) is 0 Å². The standard InChI is InChI=1S/C12H18O3.C8H11Cl/c1-6-10(8-7-9(2)3)15-12(4,5)11(13)14;1-4-8(9)6-5-7(2)3/h6-8H,1H2,2-5H3,(H,13,14);4-6H,2H2,1,3H3/b10-8+;6-5-,8-4+. The summed E-state index contributed by atoms with van der Waals surface area (Å²) in [5, 5.41) is 9.61. The highest BCUT2D eigenvalue weighted by Gasteiger charge is 2.29. The molecular weight excluding hydrogens is 324 g/mol. The fraction of sp³-hybridized carbons (Fsp3) is 0.350. The van der Waals surface area contributed by atoms with Crippen molar-refractivity contribution < 1.29 is 14.6 Å². The van der Waals surface area contributed by atoms with Gasteiger partial charge in [-0.25, -0.2) is 4.79 Å². The minimum atomic E-state index is -1.24. The summed E-state index contributed by atoms with van der Waals surface area (Å²) in [6.07, 6.45) is 10.6. The van der Waals surface area contributed by atoms with E-state index in [9.17, 15) is 4.79 Å². The second-order valence-electron chi connectivity index (χ2n) is 5.79. The van der Waals surface area contributed by atoms with E-state index in [1.807, 2.05) is 52.0 Å². The molecule has 0 amide bonds. The zero-order chi connectivity index (χ0) is 19.3. The van der Waals surface area contributed by atoms with Crippen molar-refractivity contribution in [3.8, 4) is 0 Å². The number of allylic oxidation sites excluding steroid dienone is 9. The smallest absolute Gasteiger partial charge is 0.347 e. The van der Waals surface area contributed by atoms with Crippen LogP contribution in [0.15, 0.2) is 71.6 Å². The van der Waals surface area contributed by atoms with Crippen LogP contribution in [0, 0.1) is 0 Å². The Bertz CT molecular complexity index is 557. The highest BCUT2D eigenvalue weighted by atomic mass is 35.5. The second kappa shape index (κ2) is 12.4. The van der Waals surface area contributed by atoms with Crippen molar-refractivity contribution in [1.82, 2.24) is 0 Å². The summed E-state index contributed by atoms with van der Waals surface area (Å²) < 4.78 is 5.30. The summed E-state index contributed by atoms with van der Waals surface area (Å²) in [7, 11) is 0. The molecule has 0 aromatic rings. The van der Waals surface area contributed by atoms with E-state index < -0.39 is 11.6 Å². The molecule has 0 rings (SSSR count). The first-order valence-corrected chi connectivity index (χ1v) is 7.89. The lowest BCUT2D eigenvalue weighted by Crippen LogP contribution is -2.34. The Labute approximate surface area is 151 Å². The van der Waals surface area contributed by atoms with E-state index in [0.29, 0.717) is 5.76 Å². The van der Waals surface area contributed by atoms with E-state index in [1.54, 1.807) is 6.08 Å². The zero-order valence-corrected chi connectivity index (χ0v) is 16.3. The summed E-state index contributed by atoms with van der Waals surface area (Å²) in [6, 6.07) is 0. The molecule has 0 aliphatic carbocycles. The van der Waals surface area contributed by atoms with E-state index in [4.69, 9.17) is 21.4 Å². The van der Waals surface area contributed by atoms with Crippen molar-refractivity contribution in [1.29, 1.82) is 0 Å². The third kappa shape index (κ3) is 13.6. The van der Waals surface area contributed by atoms with Crippen LogP contribution < -0.4 is 0 Å². The lowest BCUT2D eigenvalue weighted by molar-refractivity contribution is -0.156. The van der Waals surface area contributed by atoms with E-state index in [2.05, 4.69) is 13.2 Å². The van der Waals surface area contributed by atoms with Gasteiger partial charge < -0.3 is 9.84 Å². The Morgan fingerprint density at radius 2 is 1.71 bits per heavy atom. The fourth-order valence-electron chi connectivity index (χ4n) is 1.05. The van der Waals surface area contributed by atoms with E-state index >= 15 is 0 Å². The van der Waals surface area contributed by atoms with Crippen molar-refractivity contribution in [2.45, 2.75) is 47.1 Å². The van der Waals surface area contributed by atoms with Gasteiger partial charge in [0, 0.05) is 5.03 Å². The normalized spacial score (nSPS) is 12.1. The molecule has 0 saturated heterocycles. The van der Waals surface area contributed by atoms with Gasteiger partial charge in [-0.2, -0.15) is 0 Å². The van der Waals surface area contributed by atoms with E-state index in [0.717, 1.165) is 16.2 Å². The maximum atomic E-state index is 10.8. The molecule has 4 heteroatoms. The van der Waals surface area contributed by atoms with Gasteiger partial charge in [-0.3, -0.25) is 0 Å². The van der Waals surface area contributed by atoms with Crippen molar-refractivity contribution >= 4 is 17.6 Å². The minimum Gasteiger partial charge on any atom is -0.478 e. The van der Waals surface area contributed by atoms with Crippen LogP contribution in [0.2, 0.25) is 0 Å². The SMILES string of the molecule is C=C(C)/C=C\C(Cl)=C/C.C=C/C(=C\C=C(C)C)OC(C)(C)C(=O)O. The number of hydrogen-bond donors (Lipinski definition) is 1. The van der Waals surface area contributed by atoms with Gasteiger partial charge in [-0.05, 0) is 59.8 Å². The molecule has 0 radical (unpaired) electrons. The molecule has 0 aromatic heterocycles. The molecule has 0 fully saturated rings. The Kier molecular flexibility index (Phi) is 12.6. The van der Waals surface area contributed by atoms with Gasteiger partial charge in [-0.1, -0.05) is 54.1 Å². The number of aliphatic carboxylic acids is 1. The molecule has 1 N–H and O–H groups in total. The third-order valence-corrected chi connectivity index (χ3v) is 2.82. The topological polar surface area (TPSA) is 46.5 Å². The number of carbonyl (C=O) groups is 1. The summed E-state index contributed by atoms with van der Waals surface area (Å²) in [6.45, 7) is 18.0. The van der Waals surface area contributed by atoms with Gasteiger partial charge in [0.05, 0.1) is 0 Å². The molecule has 0 saturated carbocycles. The van der Waals surface area contributed by atoms with Crippen LogP contribution in [0.25, 0.3) is 0 Å². The van der Waals surface area contributed by atoms with Gasteiger partial charge in [0.25, 0.3) is 0 Å². The fourth-order valence-corrected chi connectivity index (χ4v) is 1.11. The van der Waals surface area contributed by atoms with E-state index in [1.165, 1.54) is 19.9 Å². The quantitative estimate of drug-likeness (QED) is 0.440. The molecule has 0 bridgehead atoms. The number of rotatable bonds is 7. The minimum absolute atomic E-state index is 0.448. The Balaban J connectivity index is 0. The Morgan fingerprint density at radius 3 is 2.04 bits per heavy atom. The predicted molar refractivity (Wildman–Crippen MR) is 104 cm³/mol. The lowest BCUT2D eigenvalue weighted by Gasteiger charge is -2.21. The summed E-state index contributed by atoms with van der Waals surface area (Å²) in [4.78, 5) is 10.8. The van der Waals surface area contributed by atoms with Crippen molar-refractivity contribution in [2.75, 3.05) is 0 Å². The third-order valence-electron chi connectivity index (χ3n) is 2.47. The van der Waals surface area contributed by atoms with E-state index in [-0.39, 0.29) is 0 Å². The molecule has 0 atom stereocenters. The first kappa shape index (κ1) is 24.3. The molecule has 3 nitrogen and oxygen atoms in total. The summed E-state index contributed by atoms with van der Waals surface area (Å²) in [5.74, 6) is -0.559. The van der Waals surface area contributed by atoms with Crippen LogP contribution in [0.3, 0.4) is 0 Å². The summed E-state index contributed by atoms with van der Waals surface area (Å²) in [5.41, 5.74) is 0.872. The van der Waals surface area contributed by atoms with Crippen LogP contribution in [0.5, 0.6) is 0 Å². The number of carboxylic acid groups (broad SMARTS) is 1. The van der Waals surface area contributed by atoms with Crippen LogP contribution in [-0.2, 0) is 9.53 Å². The number of hydrogen-bond acceptors (Lipinski definition) is 2. The Hall–Kier alpha value is -2.00. The van der Waals surface area contributed by atoms with Gasteiger partial charge in [0.2, 0.25) is 0 Å². The number of halogens is 1. The molecule has 134 valence electrons. The number of ether oxygens (including phenoxy) is 1. The largest absolute Gasteiger partial charge is 0.478 e. The van der Waals surface area contributed by atoms with Crippen molar-refractivity contribution in [3.63, 3.8) is 0 Å². The first-order chi connectivity index (χ1) is 11.0. The average molecular weight is 353 g/mol. The average Bonchev–Trinajstić information content (AvgIpc) is 2.49. The number of carboxylic acids is 1. The summed E-state index contributed by atoms with van der Waals surface area (Å²) >= 11 is 5.64. The first-order valence-electron chi connectivity index (χ1n) is 7.51. The molecule has 0 aliphatic heterocycles. The molecule has 24 heavy (non-hydrogen) atoms. The van der Waals surface area contributed by atoms with Gasteiger partial charge >= 0.3 is 5.97 Å². The highest BCUT2D eigenvalue weighted by molar-refractivity contribution is 6.31. The molecule has 0 unspecified atom stereocenters. The van der Waals surface area contributed by atoms with Gasteiger partial charge in [0.1, 0.15) is 5.76 Å². The van der Waals surface area contributed by atoms with Crippen LogP contribution in [-0.4, -0.2) is 16.7 Å². The molecule has 0 heterocycles. The molecule has 0 spiro atoms. The van der Waals surface area contributed by atoms with Gasteiger partial charge in [-0.15, -0.1) is 0 Å². The van der Waals surface area contributed by atoms with Crippen LogP contribution >= 0.6 is 11.6 Å². The lowest BCUT2D eigenvalue weighted by atomic mass is 10.1. The Morgan fingerprint density at radius 1 is 1.17 bits per heavy atom. The maximum Gasteiger partial charge on any atom is 0.347 e. The predicted octanol–water partition coefficient (Wildman–Crippen LogP) is 6.16. The van der Waals surface area contributed by atoms with Crippen molar-refractivity contribution in [3.05, 3.63) is 71.6 Å². The van der Waals surface area contributed by atoms with Crippen LogP contribution in [0.4, 0.5) is 0 Å². The molecule has 0 aliphatic rings. The second-order valence-corrected chi connectivity index (χ2v) is 6.22. The maximum absolute atomic E-state index is 10.8. The zero-order valence-electron chi connectivity index (χ0n) is 15.5. The highest BCUT2D eigenvalue weighted by Crippen LogP contribution is 2.16. The van der Waals surface area contributed by atoms with Crippen LogP contribution in [0.1, 0.15) is 41.5 Å².